The fourth-order valence-corrected chi connectivity index (χ4v) is 3.98. The second kappa shape index (κ2) is 7.50. The molecule has 0 saturated heterocycles. The number of amides is 1. The number of rotatable bonds is 5. The van der Waals surface area contributed by atoms with E-state index < -0.39 is 5.91 Å². The molecule has 1 N–H and O–H groups in total. The normalized spacial score (nSPS) is 12.6. The molecular weight excluding hydrogens is 392 g/mol. The molecule has 0 aliphatic carbocycles. The highest BCUT2D eigenvalue weighted by atomic mass is 16.5. The number of pyridine rings is 1. The Kier molecular flexibility index (Phi) is 4.66. The topological polar surface area (TPSA) is 90.0 Å². The van der Waals surface area contributed by atoms with Crippen LogP contribution in [0.1, 0.15) is 53.0 Å². The second-order valence-electron chi connectivity index (χ2n) is 8.16. The van der Waals surface area contributed by atoms with Gasteiger partial charge in [-0.15, -0.1) is 0 Å². The number of anilines is 1. The minimum atomic E-state index is -0.402. The van der Waals surface area contributed by atoms with Crippen molar-refractivity contribution in [3.63, 3.8) is 0 Å². The van der Waals surface area contributed by atoms with Crippen LogP contribution in [0, 0.1) is 0 Å². The summed E-state index contributed by atoms with van der Waals surface area (Å²) in [6, 6.07) is 13.1. The Bertz CT molecular complexity index is 1350. The summed E-state index contributed by atoms with van der Waals surface area (Å²) in [5, 5.41) is 7.44. The fraction of sp³-hybridized carbons (Fsp3) is 0.250. The number of aryl methyl sites for hydroxylation is 2. The number of hydrogen-bond acceptors (Lipinski definition) is 5. The lowest BCUT2D eigenvalue weighted by atomic mass is 10.1. The zero-order chi connectivity index (χ0) is 21.5. The molecule has 7 heteroatoms. The third kappa shape index (κ3) is 3.52. The van der Waals surface area contributed by atoms with Crippen LogP contribution in [0.2, 0.25) is 0 Å². The van der Waals surface area contributed by atoms with Crippen molar-refractivity contribution in [2.24, 2.45) is 0 Å². The molecule has 2 aromatic heterocycles. The lowest BCUT2D eigenvalue weighted by molar-refractivity contribution is 0.102. The lowest BCUT2D eigenvalue weighted by Crippen LogP contribution is -2.23. The van der Waals surface area contributed by atoms with Crippen molar-refractivity contribution in [3.05, 3.63) is 87.3 Å². The fourth-order valence-electron chi connectivity index (χ4n) is 3.98. The van der Waals surface area contributed by atoms with E-state index in [1.807, 2.05) is 54.8 Å². The summed E-state index contributed by atoms with van der Waals surface area (Å²) in [4.78, 5) is 30.1. The minimum Gasteiger partial charge on any atom is -0.346 e. The number of nitrogens with one attached hydrogen (secondary N) is 1. The van der Waals surface area contributed by atoms with Gasteiger partial charge in [-0.3, -0.25) is 9.59 Å². The first-order chi connectivity index (χ1) is 15.0. The second-order valence-corrected chi connectivity index (χ2v) is 8.16. The van der Waals surface area contributed by atoms with Gasteiger partial charge in [0.05, 0.1) is 5.52 Å². The van der Waals surface area contributed by atoms with Crippen LogP contribution in [0.3, 0.4) is 0 Å². The number of carbonyl (C=O) groups excluding carboxylic acids is 1. The summed E-state index contributed by atoms with van der Waals surface area (Å²) in [5.41, 5.74) is 3.64. The molecule has 1 aliphatic heterocycles. The van der Waals surface area contributed by atoms with Crippen molar-refractivity contribution >= 4 is 22.5 Å². The molecule has 5 rings (SSSR count). The van der Waals surface area contributed by atoms with E-state index in [0.717, 1.165) is 29.6 Å². The average molecular weight is 414 g/mol. The van der Waals surface area contributed by atoms with Gasteiger partial charge in [0, 0.05) is 36.2 Å². The quantitative estimate of drug-likeness (QED) is 0.535. The summed E-state index contributed by atoms with van der Waals surface area (Å²) < 4.78 is 7.24. The molecule has 1 aliphatic rings. The van der Waals surface area contributed by atoms with Gasteiger partial charge in [0.2, 0.25) is 11.3 Å². The van der Waals surface area contributed by atoms with Crippen molar-refractivity contribution in [2.75, 3.05) is 5.32 Å². The van der Waals surface area contributed by atoms with Gasteiger partial charge in [-0.2, -0.15) is 4.98 Å². The molecule has 0 radical (unpaired) electrons. The summed E-state index contributed by atoms with van der Waals surface area (Å²) in [6.45, 7) is 4.78. The number of aromatic nitrogens is 3. The van der Waals surface area contributed by atoms with Gasteiger partial charge in [0.1, 0.15) is 5.56 Å². The van der Waals surface area contributed by atoms with Gasteiger partial charge in [-0.25, -0.2) is 0 Å². The van der Waals surface area contributed by atoms with Gasteiger partial charge < -0.3 is 14.4 Å². The van der Waals surface area contributed by atoms with Crippen molar-refractivity contribution < 1.29 is 9.32 Å². The third-order valence-electron chi connectivity index (χ3n) is 5.60. The maximum absolute atomic E-state index is 12.9. The van der Waals surface area contributed by atoms with Crippen LogP contribution in [0.4, 0.5) is 5.69 Å². The molecule has 0 saturated carbocycles. The highest BCUT2D eigenvalue weighted by Crippen LogP contribution is 2.24. The SMILES string of the molecule is CC(C)c1nc(Cc2ccc(NC(=O)c3cn4c5c(cccc5c3=O)CC4)cc2)no1. The Labute approximate surface area is 178 Å². The molecule has 0 unspecified atom stereocenters. The third-order valence-corrected chi connectivity index (χ3v) is 5.60. The molecule has 0 spiro atoms. The minimum absolute atomic E-state index is 0.156. The first-order valence-electron chi connectivity index (χ1n) is 10.4. The number of para-hydroxylation sites is 1. The first kappa shape index (κ1) is 19.2. The van der Waals surface area contributed by atoms with Crippen LogP contribution < -0.4 is 10.7 Å². The number of carbonyl (C=O) groups is 1. The molecule has 4 aromatic rings. The molecule has 156 valence electrons. The molecule has 0 fully saturated rings. The summed E-state index contributed by atoms with van der Waals surface area (Å²) in [7, 11) is 0. The molecular formula is C24H22N4O3. The summed E-state index contributed by atoms with van der Waals surface area (Å²) >= 11 is 0. The van der Waals surface area contributed by atoms with Crippen LogP contribution in [0.15, 0.2) is 58.0 Å². The zero-order valence-corrected chi connectivity index (χ0v) is 17.4. The monoisotopic (exact) mass is 414 g/mol. The van der Waals surface area contributed by atoms with E-state index in [0.29, 0.717) is 29.2 Å². The van der Waals surface area contributed by atoms with E-state index in [1.54, 1.807) is 12.3 Å². The first-order valence-corrected chi connectivity index (χ1v) is 10.4. The van der Waals surface area contributed by atoms with Crippen molar-refractivity contribution in [3.8, 4) is 0 Å². The Morgan fingerprint density at radius 3 is 2.74 bits per heavy atom. The lowest BCUT2D eigenvalue weighted by Gasteiger charge is -2.10. The van der Waals surface area contributed by atoms with Crippen LogP contribution in [-0.4, -0.2) is 20.6 Å². The number of benzene rings is 2. The van der Waals surface area contributed by atoms with Crippen LogP contribution >= 0.6 is 0 Å². The van der Waals surface area contributed by atoms with Crippen molar-refractivity contribution in [2.45, 2.75) is 39.2 Å². The van der Waals surface area contributed by atoms with Gasteiger partial charge in [0.25, 0.3) is 5.91 Å². The Morgan fingerprint density at radius 1 is 1.19 bits per heavy atom. The van der Waals surface area contributed by atoms with Gasteiger partial charge in [-0.1, -0.05) is 43.3 Å². The van der Waals surface area contributed by atoms with E-state index in [2.05, 4.69) is 15.5 Å². The molecule has 3 heterocycles. The average Bonchev–Trinajstić information content (AvgIpc) is 3.40. The van der Waals surface area contributed by atoms with E-state index in [4.69, 9.17) is 4.52 Å². The molecule has 0 bridgehead atoms. The maximum Gasteiger partial charge on any atom is 0.261 e. The van der Waals surface area contributed by atoms with Crippen molar-refractivity contribution in [1.82, 2.24) is 14.7 Å². The van der Waals surface area contributed by atoms with Gasteiger partial charge in [-0.05, 0) is 35.7 Å². The predicted octanol–water partition coefficient (Wildman–Crippen LogP) is 3.91. The molecule has 31 heavy (non-hydrogen) atoms. The van der Waals surface area contributed by atoms with E-state index in [1.165, 1.54) is 0 Å². The Morgan fingerprint density at radius 2 is 2.00 bits per heavy atom. The molecule has 2 aromatic carbocycles. The zero-order valence-electron chi connectivity index (χ0n) is 17.4. The van der Waals surface area contributed by atoms with Crippen molar-refractivity contribution in [1.29, 1.82) is 0 Å². The summed E-state index contributed by atoms with van der Waals surface area (Å²) in [6.07, 6.45) is 3.10. The van der Waals surface area contributed by atoms with Gasteiger partial charge in [0.15, 0.2) is 5.82 Å². The molecule has 1 amide bonds. The highest BCUT2D eigenvalue weighted by Gasteiger charge is 2.20. The molecule has 7 nitrogen and oxygen atoms in total. The predicted molar refractivity (Wildman–Crippen MR) is 118 cm³/mol. The highest BCUT2D eigenvalue weighted by molar-refractivity contribution is 6.06. The van der Waals surface area contributed by atoms with Crippen LogP contribution in [-0.2, 0) is 19.4 Å². The van der Waals surface area contributed by atoms with Crippen LogP contribution in [0.25, 0.3) is 10.9 Å². The Balaban J connectivity index is 1.34. The summed E-state index contributed by atoms with van der Waals surface area (Å²) in [5.74, 6) is 1.04. The van der Waals surface area contributed by atoms with Gasteiger partial charge >= 0.3 is 0 Å². The number of hydrogen-bond donors (Lipinski definition) is 1. The van der Waals surface area contributed by atoms with Crippen LogP contribution in [0.5, 0.6) is 0 Å². The Hall–Kier alpha value is -3.74. The van der Waals surface area contributed by atoms with E-state index >= 15 is 0 Å². The van der Waals surface area contributed by atoms with E-state index in [-0.39, 0.29) is 16.9 Å². The standard InChI is InChI=1S/C24H22N4O3/c1-14(2)24-26-20(27-31-24)12-15-6-8-17(9-7-15)25-23(30)19-13-28-11-10-16-4-3-5-18(21(16)28)22(19)29/h3-9,13-14H,10-12H2,1-2H3,(H,25,30). The number of nitrogens with zero attached hydrogens (tertiary/aromatic N) is 3. The largest absolute Gasteiger partial charge is 0.346 e. The maximum atomic E-state index is 12.9. The molecule has 0 atom stereocenters. The smallest absolute Gasteiger partial charge is 0.261 e. The van der Waals surface area contributed by atoms with E-state index in [9.17, 15) is 9.59 Å².